The maximum absolute atomic E-state index is 12.6. The third kappa shape index (κ3) is 8.86. The molecule has 3 N–H and O–H groups in total. The summed E-state index contributed by atoms with van der Waals surface area (Å²) in [4.78, 5) is 26.9. The lowest BCUT2D eigenvalue weighted by atomic mass is 10.1. The van der Waals surface area contributed by atoms with Gasteiger partial charge in [0.05, 0.1) is 19.6 Å². The van der Waals surface area contributed by atoms with E-state index in [1.807, 2.05) is 36.4 Å². The van der Waals surface area contributed by atoms with Gasteiger partial charge in [0.25, 0.3) is 0 Å². The van der Waals surface area contributed by atoms with Crippen LogP contribution in [0.3, 0.4) is 0 Å². The largest absolute Gasteiger partial charge is 0.493 e. The van der Waals surface area contributed by atoms with Gasteiger partial charge in [-0.3, -0.25) is 14.5 Å². The SMILES string of the molecule is O=C(Cc1ccc2c(c1)CN(Cc1ccccc1)CC(=O)NCCCCCO2)NCCCO. The van der Waals surface area contributed by atoms with Crippen LogP contribution >= 0.6 is 0 Å². The number of carbonyl (C=O) groups excluding carboxylic acids is 2. The van der Waals surface area contributed by atoms with Gasteiger partial charge in [-0.15, -0.1) is 0 Å². The first kappa shape index (κ1) is 24.7. The fraction of sp³-hybridized carbons (Fsp3) is 0.462. The number of rotatable bonds is 7. The topological polar surface area (TPSA) is 90.9 Å². The van der Waals surface area contributed by atoms with Gasteiger partial charge in [0.15, 0.2) is 0 Å². The number of carbonyl (C=O) groups is 2. The summed E-state index contributed by atoms with van der Waals surface area (Å²) >= 11 is 0. The van der Waals surface area contributed by atoms with Crippen LogP contribution in [-0.4, -0.2) is 54.7 Å². The zero-order valence-corrected chi connectivity index (χ0v) is 19.2. The first-order valence-electron chi connectivity index (χ1n) is 11.8. The van der Waals surface area contributed by atoms with E-state index in [9.17, 15) is 9.59 Å². The van der Waals surface area contributed by atoms with E-state index in [4.69, 9.17) is 9.84 Å². The van der Waals surface area contributed by atoms with Crippen molar-refractivity contribution in [3.8, 4) is 5.75 Å². The summed E-state index contributed by atoms with van der Waals surface area (Å²) in [5, 5.41) is 14.8. The fourth-order valence-corrected chi connectivity index (χ4v) is 3.88. The lowest BCUT2D eigenvalue weighted by Crippen LogP contribution is -2.37. The van der Waals surface area contributed by atoms with E-state index in [-0.39, 0.29) is 24.8 Å². The van der Waals surface area contributed by atoms with Gasteiger partial charge in [-0.2, -0.15) is 0 Å². The second-order valence-electron chi connectivity index (χ2n) is 8.44. The van der Waals surface area contributed by atoms with E-state index >= 15 is 0 Å². The third-order valence-corrected chi connectivity index (χ3v) is 5.56. The Morgan fingerprint density at radius 3 is 2.73 bits per heavy atom. The average molecular weight is 454 g/mol. The number of nitrogens with one attached hydrogen (secondary N) is 2. The van der Waals surface area contributed by atoms with E-state index in [0.29, 0.717) is 45.8 Å². The molecule has 178 valence electrons. The zero-order chi connectivity index (χ0) is 23.3. The van der Waals surface area contributed by atoms with Crippen molar-refractivity contribution in [2.24, 2.45) is 0 Å². The van der Waals surface area contributed by atoms with Gasteiger partial charge in [-0.25, -0.2) is 0 Å². The predicted octanol–water partition coefficient (Wildman–Crippen LogP) is 2.41. The lowest BCUT2D eigenvalue weighted by Gasteiger charge is -2.23. The zero-order valence-electron chi connectivity index (χ0n) is 19.2. The molecule has 0 radical (unpaired) electrons. The second-order valence-corrected chi connectivity index (χ2v) is 8.44. The molecule has 0 fully saturated rings. The average Bonchev–Trinajstić information content (AvgIpc) is 2.81. The summed E-state index contributed by atoms with van der Waals surface area (Å²) in [7, 11) is 0. The summed E-state index contributed by atoms with van der Waals surface area (Å²) in [6.45, 7) is 3.29. The molecule has 0 saturated carbocycles. The van der Waals surface area contributed by atoms with Crippen molar-refractivity contribution >= 4 is 11.8 Å². The Kier molecular flexibility index (Phi) is 10.2. The van der Waals surface area contributed by atoms with Crippen LogP contribution in [0.5, 0.6) is 5.75 Å². The highest BCUT2D eigenvalue weighted by molar-refractivity contribution is 5.79. The van der Waals surface area contributed by atoms with Crippen molar-refractivity contribution < 1.29 is 19.4 Å². The quantitative estimate of drug-likeness (QED) is 0.560. The molecular weight excluding hydrogens is 418 g/mol. The molecule has 1 aliphatic heterocycles. The highest BCUT2D eigenvalue weighted by Crippen LogP contribution is 2.24. The molecule has 2 amide bonds. The molecule has 0 unspecified atom stereocenters. The van der Waals surface area contributed by atoms with E-state index in [1.54, 1.807) is 0 Å². The fourth-order valence-electron chi connectivity index (χ4n) is 3.88. The number of fused-ring (bicyclic) bond motifs is 1. The van der Waals surface area contributed by atoms with Crippen molar-refractivity contribution in [1.82, 2.24) is 15.5 Å². The lowest BCUT2D eigenvalue weighted by molar-refractivity contribution is -0.122. The van der Waals surface area contributed by atoms with E-state index in [1.165, 1.54) is 0 Å². The molecule has 0 spiro atoms. The van der Waals surface area contributed by atoms with Crippen LogP contribution in [0, 0.1) is 0 Å². The van der Waals surface area contributed by atoms with Crippen molar-refractivity contribution in [3.05, 3.63) is 65.2 Å². The van der Waals surface area contributed by atoms with Gasteiger partial charge in [0, 0.05) is 38.3 Å². The molecule has 0 atom stereocenters. The van der Waals surface area contributed by atoms with Gasteiger partial charge in [-0.1, -0.05) is 42.5 Å². The highest BCUT2D eigenvalue weighted by Gasteiger charge is 2.16. The van der Waals surface area contributed by atoms with Gasteiger partial charge >= 0.3 is 0 Å². The van der Waals surface area contributed by atoms with Crippen LogP contribution in [0.25, 0.3) is 0 Å². The molecule has 7 nitrogen and oxygen atoms in total. The van der Waals surface area contributed by atoms with Gasteiger partial charge in [0.1, 0.15) is 5.75 Å². The summed E-state index contributed by atoms with van der Waals surface area (Å²) in [5.74, 6) is 0.749. The molecule has 3 rings (SSSR count). The monoisotopic (exact) mass is 453 g/mol. The Hall–Kier alpha value is -2.90. The Bertz CT molecular complexity index is 888. The Labute approximate surface area is 196 Å². The normalized spacial score (nSPS) is 15.7. The van der Waals surface area contributed by atoms with Crippen LogP contribution in [0.15, 0.2) is 48.5 Å². The van der Waals surface area contributed by atoms with Crippen LogP contribution in [0.4, 0.5) is 0 Å². The molecular formula is C26H35N3O4. The Morgan fingerprint density at radius 2 is 1.91 bits per heavy atom. The molecule has 1 aliphatic rings. The number of nitrogens with zero attached hydrogens (tertiary/aromatic N) is 1. The highest BCUT2D eigenvalue weighted by atomic mass is 16.5. The number of ether oxygens (including phenoxy) is 1. The van der Waals surface area contributed by atoms with Crippen LogP contribution in [-0.2, 0) is 29.1 Å². The summed E-state index contributed by atoms with van der Waals surface area (Å²) < 4.78 is 6.11. The summed E-state index contributed by atoms with van der Waals surface area (Å²) in [5.41, 5.74) is 3.00. The van der Waals surface area contributed by atoms with Gasteiger partial charge in [0.2, 0.25) is 11.8 Å². The molecule has 33 heavy (non-hydrogen) atoms. The minimum atomic E-state index is -0.0746. The minimum Gasteiger partial charge on any atom is -0.493 e. The molecule has 7 heteroatoms. The second kappa shape index (κ2) is 13.6. The third-order valence-electron chi connectivity index (χ3n) is 5.56. The van der Waals surface area contributed by atoms with Crippen molar-refractivity contribution in [1.29, 1.82) is 0 Å². The number of hydrogen-bond acceptors (Lipinski definition) is 5. The minimum absolute atomic E-state index is 0.0204. The van der Waals surface area contributed by atoms with E-state index in [0.717, 1.165) is 41.7 Å². The van der Waals surface area contributed by atoms with Gasteiger partial charge < -0.3 is 20.5 Å². The van der Waals surface area contributed by atoms with Crippen LogP contribution in [0.1, 0.15) is 42.4 Å². The number of amides is 2. The molecule has 1 heterocycles. The van der Waals surface area contributed by atoms with Crippen molar-refractivity contribution in [2.75, 3.05) is 32.8 Å². The molecule has 0 aliphatic carbocycles. The van der Waals surface area contributed by atoms with Crippen molar-refractivity contribution in [2.45, 2.75) is 45.2 Å². The maximum Gasteiger partial charge on any atom is 0.234 e. The Morgan fingerprint density at radius 1 is 1.06 bits per heavy atom. The van der Waals surface area contributed by atoms with Crippen LogP contribution < -0.4 is 15.4 Å². The van der Waals surface area contributed by atoms with E-state index < -0.39 is 0 Å². The standard InChI is InChI=1S/C26H35N3O4/c30-14-7-13-27-25(31)17-22-10-11-24-23(16-22)19-29(18-21-8-3-1-4-9-21)20-26(32)28-12-5-2-6-15-33-24/h1,3-4,8-11,16,30H,2,5-7,12-15,17-20H2,(H,27,31)(H,28,32). The van der Waals surface area contributed by atoms with Crippen LogP contribution in [0.2, 0.25) is 0 Å². The molecule has 0 bridgehead atoms. The molecule has 0 saturated heterocycles. The number of aliphatic hydroxyl groups is 1. The summed E-state index contributed by atoms with van der Waals surface area (Å²) in [6, 6.07) is 16.0. The maximum atomic E-state index is 12.6. The number of hydrogen-bond donors (Lipinski definition) is 3. The smallest absolute Gasteiger partial charge is 0.234 e. The van der Waals surface area contributed by atoms with Crippen molar-refractivity contribution in [3.63, 3.8) is 0 Å². The van der Waals surface area contributed by atoms with Gasteiger partial charge in [-0.05, 0) is 42.9 Å². The van der Waals surface area contributed by atoms with E-state index in [2.05, 4.69) is 27.7 Å². The summed E-state index contributed by atoms with van der Waals surface area (Å²) in [6.07, 6.45) is 3.66. The first-order chi connectivity index (χ1) is 16.1. The first-order valence-corrected chi connectivity index (χ1v) is 11.8. The molecule has 0 aromatic heterocycles. The number of benzene rings is 2. The number of aliphatic hydroxyl groups excluding tert-OH is 1. The predicted molar refractivity (Wildman–Crippen MR) is 128 cm³/mol. The molecule has 2 aromatic carbocycles. The Balaban J connectivity index is 1.80. The molecule has 2 aromatic rings.